The topological polar surface area (TPSA) is 57.2 Å². The van der Waals surface area contributed by atoms with E-state index in [0.717, 1.165) is 6.42 Å². The van der Waals surface area contributed by atoms with Crippen molar-refractivity contribution in [2.24, 2.45) is 23.7 Å². The average Bonchev–Trinajstić information content (AvgIpc) is 2.60. The molecule has 0 aromatic rings. The van der Waals surface area contributed by atoms with E-state index in [2.05, 4.69) is 0 Å². The van der Waals surface area contributed by atoms with E-state index in [9.17, 15) is 14.7 Å². The minimum absolute atomic E-state index is 0. The second kappa shape index (κ2) is 4.17. The summed E-state index contributed by atoms with van der Waals surface area (Å²) in [6.07, 6.45) is 4.68. The molecule has 1 fully saturated rings. The Bertz CT molecular complexity index is 270. The quantitative estimate of drug-likeness (QED) is 0.349. The van der Waals surface area contributed by atoms with Gasteiger partial charge in [-0.15, -0.1) is 0 Å². The van der Waals surface area contributed by atoms with Crippen molar-refractivity contribution < 1.29 is 44.3 Å². The molecule has 4 unspecified atom stereocenters. The molecule has 0 aliphatic heterocycles. The fraction of sp³-hybridized carbons (Fsp3) is 0.600. The molecule has 14 heavy (non-hydrogen) atoms. The Morgan fingerprint density at radius 1 is 1.21 bits per heavy atom. The Morgan fingerprint density at radius 3 is 2.07 bits per heavy atom. The maximum Gasteiger partial charge on any atom is 1.00 e. The summed E-state index contributed by atoms with van der Waals surface area (Å²) in [5, 5.41) is 10.8. The zero-order valence-electron chi connectivity index (χ0n) is 8.40. The average molecular weight is 202 g/mol. The number of carboxylic acid groups (broad SMARTS) is 1. The zero-order chi connectivity index (χ0) is 9.59. The standard InChI is InChI=1S/C10H12O3.Na/c1-5(11)8-6-2-3-7(4-6)9(8)10(12)13;/h2-3,6-9H,4H2,1H3,(H,12,13);/q;+1/p-1. The minimum atomic E-state index is -1.07. The molecule has 0 aromatic heterocycles. The van der Waals surface area contributed by atoms with Crippen molar-refractivity contribution in [2.45, 2.75) is 13.3 Å². The van der Waals surface area contributed by atoms with Gasteiger partial charge in [0.2, 0.25) is 0 Å². The third-order valence-corrected chi connectivity index (χ3v) is 3.20. The van der Waals surface area contributed by atoms with Gasteiger partial charge in [0.25, 0.3) is 0 Å². The molecule has 2 rings (SSSR count). The molecule has 70 valence electrons. The van der Waals surface area contributed by atoms with Crippen LogP contribution in [0.25, 0.3) is 0 Å². The molecule has 4 heteroatoms. The van der Waals surface area contributed by atoms with Crippen LogP contribution in [0.3, 0.4) is 0 Å². The van der Waals surface area contributed by atoms with Crippen LogP contribution in [0, 0.1) is 23.7 Å². The molecule has 0 amide bonds. The van der Waals surface area contributed by atoms with E-state index in [-0.39, 0.29) is 53.1 Å². The predicted octanol–water partition coefficient (Wildman–Crippen LogP) is -3.23. The minimum Gasteiger partial charge on any atom is -0.550 e. The normalized spacial score (nSPS) is 38.1. The Hall–Kier alpha value is -0.120. The number of hydrogen-bond donors (Lipinski definition) is 0. The summed E-state index contributed by atoms with van der Waals surface area (Å²) in [5.41, 5.74) is 0. The van der Waals surface area contributed by atoms with E-state index >= 15 is 0 Å². The summed E-state index contributed by atoms with van der Waals surface area (Å²) in [7, 11) is 0. The van der Waals surface area contributed by atoms with Gasteiger partial charge < -0.3 is 9.90 Å². The molecule has 3 nitrogen and oxygen atoms in total. The van der Waals surface area contributed by atoms with Gasteiger partial charge in [-0.05, 0) is 25.2 Å². The van der Waals surface area contributed by atoms with Crippen molar-refractivity contribution in [3.63, 3.8) is 0 Å². The van der Waals surface area contributed by atoms with Gasteiger partial charge in [0.15, 0.2) is 0 Å². The molecule has 0 N–H and O–H groups in total. The third-order valence-electron chi connectivity index (χ3n) is 3.20. The van der Waals surface area contributed by atoms with E-state index in [4.69, 9.17) is 0 Å². The van der Waals surface area contributed by atoms with Gasteiger partial charge >= 0.3 is 29.6 Å². The van der Waals surface area contributed by atoms with Crippen LogP contribution >= 0.6 is 0 Å². The predicted molar refractivity (Wildman–Crippen MR) is 43.4 cm³/mol. The Labute approximate surface area is 105 Å². The molecular weight excluding hydrogens is 191 g/mol. The van der Waals surface area contributed by atoms with Crippen LogP contribution in [0.5, 0.6) is 0 Å². The number of ketones is 1. The molecule has 2 bridgehead atoms. The summed E-state index contributed by atoms with van der Waals surface area (Å²) in [5.74, 6) is -1.83. The van der Waals surface area contributed by atoms with E-state index in [1.54, 1.807) is 0 Å². The fourth-order valence-electron chi connectivity index (χ4n) is 2.70. The fourth-order valence-corrected chi connectivity index (χ4v) is 2.70. The van der Waals surface area contributed by atoms with Crippen molar-refractivity contribution in [2.75, 3.05) is 0 Å². The maximum atomic E-state index is 11.2. The number of carbonyl (C=O) groups excluding carboxylic acids is 2. The monoisotopic (exact) mass is 202 g/mol. The summed E-state index contributed by atoms with van der Waals surface area (Å²) in [6.45, 7) is 1.47. The number of allylic oxidation sites excluding steroid dienone is 2. The SMILES string of the molecule is CC(=O)C1C2C=CC(C2)C1C(=O)[O-].[Na+]. The molecule has 0 radical (unpaired) electrons. The molecule has 0 spiro atoms. The van der Waals surface area contributed by atoms with E-state index in [0.29, 0.717) is 0 Å². The summed E-state index contributed by atoms with van der Waals surface area (Å²) in [6, 6.07) is 0. The van der Waals surface area contributed by atoms with Gasteiger partial charge in [-0.2, -0.15) is 0 Å². The second-order valence-corrected chi connectivity index (χ2v) is 3.93. The first kappa shape index (κ1) is 12.0. The Balaban J connectivity index is 0.000000980. The number of carbonyl (C=O) groups is 2. The summed E-state index contributed by atoms with van der Waals surface area (Å²) < 4.78 is 0. The van der Waals surface area contributed by atoms with Gasteiger partial charge in [0.05, 0.1) is 0 Å². The number of fused-ring (bicyclic) bond motifs is 2. The molecule has 2 aliphatic carbocycles. The van der Waals surface area contributed by atoms with E-state index in [1.165, 1.54) is 6.92 Å². The first-order valence-electron chi connectivity index (χ1n) is 4.51. The van der Waals surface area contributed by atoms with Crippen LogP contribution in [0.1, 0.15) is 13.3 Å². The molecule has 0 heterocycles. The van der Waals surface area contributed by atoms with E-state index in [1.807, 2.05) is 12.2 Å². The molecule has 1 saturated carbocycles. The summed E-state index contributed by atoms with van der Waals surface area (Å²) in [4.78, 5) is 22.0. The van der Waals surface area contributed by atoms with Gasteiger partial charge in [0.1, 0.15) is 5.78 Å². The molecule has 2 aliphatic rings. The first-order valence-corrected chi connectivity index (χ1v) is 4.51. The van der Waals surface area contributed by atoms with Gasteiger partial charge in [0, 0.05) is 17.8 Å². The number of aliphatic carboxylic acids is 1. The van der Waals surface area contributed by atoms with Crippen LogP contribution in [0.2, 0.25) is 0 Å². The molecular formula is C10H11NaO3. The van der Waals surface area contributed by atoms with Gasteiger partial charge in [-0.1, -0.05) is 12.2 Å². The van der Waals surface area contributed by atoms with Crippen molar-refractivity contribution in [3.8, 4) is 0 Å². The van der Waals surface area contributed by atoms with Crippen LogP contribution in [-0.2, 0) is 9.59 Å². The smallest absolute Gasteiger partial charge is 0.550 e. The van der Waals surface area contributed by atoms with Crippen molar-refractivity contribution in [1.29, 1.82) is 0 Å². The van der Waals surface area contributed by atoms with Crippen LogP contribution in [0.4, 0.5) is 0 Å². The number of Topliss-reactive ketones (excluding diaryl/α,β-unsaturated/α-hetero) is 1. The zero-order valence-corrected chi connectivity index (χ0v) is 10.4. The molecule has 0 saturated heterocycles. The molecule has 0 aromatic carbocycles. The largest absolute Gasteiger partial charge is 1.00 e. The first-order chi connectivity index (χ1) is 6.11. The van der Waals surface area contributed by atoms with Crippen molar-refractivity contribution in [1.82, 2.24) is 0 Å². The van der Waals surface area contributed by atoms with Gasteiger partial charge in [-0.3, -0.25) is 4.79 Å². The third kappa shape index (κ3) is 1.69. The van der Waals surface area contributed by atoms with Gasteiger partial charge in [-0.25, -0.2) is 0 Å². The van der Waals surface area contributed by atoms with Crippen LogP contribution in [-0.4, -0.2) is 11.8 Å². The Kier molecular flexibility index (Phi) is 3.56. The number of carboxylic acids is 1. The number of hydrogen-bond acceptors (Lipinski definition) is 3. The van der Waals surface area contributed by atoms with Crippen LogP contribution in [0.15, 0.2) is 12.2 Å². The van der Waals surface area contributed by atoms with E-state index < -0.39 is 11.9 Å². The van der Waals surface area contributed by atoms with Crippen molar-refractivity contribution >= 4 is 11.8 Å². The second-order valence-electron chi connectivity index (χ2n) is 3.93. The number of rotatable bonds is 2. The summed E-state index contributed by atoms with van der Waals surface area (Å²) >= 11 is 0. The van der Waals surface area contributed by atoms with Crippen molar-refractivity contribution in [3.05, 3.63) is 12.2 Å². The Morgan fingerprint density at radius 2 is 1.71 bits per heavy atom. The van der Waals surface area contributed by atoms with Crippen LogP contribution < -0.4 is 34.7 Å². The molecule has 4 atom stereocenters. The maximum absolute atomic E-state index is 11.2.